The van der Waals surface area contributed by atoms with Crippen LogP contribution < -0.4 is 10.6 Å². The molecule has 0 spiro atoms. The molecule has 18 heavy (non-hydrogen) atoms. The Morgan fingerprint density at radius 1 is 1.39 bits per heavy atom. The number of urea groups is 1. The number of nitrogens with one attached hydrogen (secondary N) is 2. The molecule has 4 nitrogen and oxygen atoms in total. The molecule has 1 aromatic carbocycles. The van der Waals surface area contributed by atoms with Gasteiger partial charge < -0.3 is 15.7 Å². The Labute approximate surface area is 112 Å². The van der Waals surface area contributed by atoms with Gasteiger partial charge in [0.25, 0.3) is 0 Å². The summed E-state index contributed by atoms with van der Waals surface area (Å²) in [5.74, 6) is 0. The molecule has 0 aliphatic carbocycles. The van der Waals surface area contributed by atoms with Gasteiger partial charge in [-0.3, -0.25) is 0 Å². The van der Waals surface area contributed by atoms with E-state index in [0.29, 0.717) is 11.8 Å². The maximum Gasteiger partial charge on any atom is 0.315 e. The molecule has 3 N–H and O–H groups in total. The lowest BCUT2D eigenvalue weighted by Crippen LogP contribution is -2.41. The second-order valence-electron chi connectivity index (χ2n) is 4.05. The van der Waals surface area contributed by atoms with Gasteiger partial charge in [-0.15, -0.1) is 0 Å². The summed E-state index contributed by atoms with van der Waals surface area (Å²) in [6, 6.07) is 8.81. The molecule has 0 unspecified atom stereocenters. The van der Waals surface area contributed by atoms with Crippen molar-refractivity contribution in [2.45, 2.75) is 18.2 Å². The van der Waals surface area contributed by atoms with E-state index in [4.69, 9.17) is 0 Å². The number of benzene rings is 1. The first-order chi connectivity index (χ1) is 8.67. The molecule has 1 aromatic rings. The highest BCUT2D eigenvalue weighted by atomic mass is 32.2. The van der Waals surface area contributed by atoms with Crippen LogP contribution in [0.15, 0.2) is 30.3 Å². The number of aliphatic hydroxyl groups excluding tert-OH is 1. The minimum absolute atomic E-state index is 0.116. The first-order valence-corrected chi connectivity index (χ1v) is 7.19. The van der Waals surface area contributed by atoms with Crippen molar-refractivity contribution in [1.29, 1.82) is 0 Å². The fourth-order valence-electron chi connectivity index (χ4n) is 1.45. The number of amides is 2. The predicted molar refractivity (Wildman–Crippen MR) is 75.8 cm³/mol. The minimum atomic E-state index is -0.365. The summed E-state index contributed by atoms with van der Waals surface area (Å²) in [7, 11) is 0. The van der Waals surface area contributed by atoms with Crippen molar-refractivity contribution in [2.24, 2.45) is 0 Å². The van der Waals surface area contributed by atoms with Gasteiger partial charge in [0.1, 0.15) is 0 Å². The average molecular weight is 268 g/mol. The van der Waals surface area contributed by atoms with Crippen molar-refractivity contribution >= 4 is 17.8 Å². The quantitative estimate of drug-likeness (QED) is 0.737. The summed E-state index contributed by atoms with van der Waals surface area (Å²) >= 11 is 1.70. The molecule has 2 atom stereocenters. The van der Waals surface area contributed by atoms with Crippen molar-refractivity contribution in [3.05, 3.63) is 35.9 Å². The van der Waals surface area contributed by atoms with Crippen molar-refractivity contribution in [2.75, 3.05) is 19.4 Å². The topological polar surface area (TPSA) is 61.4 Å². The predicted octanol–water partition coefficient (Wildman–Crippen LogP) is 1.77. The van der Waals surface area contributed by atoms with Crippen LogP contribution in [0.25, 0.3) is 0 Å². The van der Waals surface area contributed by atoms with Gasteiger partial charge in [-0.25, -0.2) is 4.79 Å². The Morgan fingerprint density at radius 2 is 2.06 bits per heavy atom. The molecule has 0 aromatic heterocycles. The van der Waals surface area contributed by atoms with Crippen LogP contribution in [0.1, 0.15) is 18.5 Å². The molecule has 0 radical (unpaired) electrons. The molecule has 0 saturated heterocycles. The zero-order chi connectivity index (χ0) is 13.4. The molecule has 0 heterocycles. The normalized spacial score (nSPS) is 13.7. The Morgan fingerprint density at radius 3 is 2.61 bits per heavy atom. The molecule has 100 valence electrons. The summed E-state index contributed by atoms with van der Waals surface area (Å²) in [5.41, 5.74) is 0.896. The molecule has 5 heteroatoms. The van der Waals surface area contributed by atoms with Gasteiger partial charge in [0.15, 0.2) is 0 Å². The third kappa shape index (κ3) is 4.98. The minimum Gasteiger partial charge on any atom is -0.394 e. The smallest absolute Gasteiger partial charge is 0.315 e. The van der Waals surface area contributed by atoms with Crippen LogP contribution in [0.3, 0.4) is 0 Å². The lowest BCUT2D eigenvalue weighted by atomic mass is 10.1. The van der Waals surface area contributed by atoms with Crippen LogP contribution >= 0.6 is 11.8 Å². The standard InChI is InChI=1S/C13H20N2O2S/c1-10(18-2)8-14-13(17)15-12(9-16)11-6-4-3-5-7-11/h3-7,10,12,16H,8-9H2,1-2H3,(H2,14,15,17)/t10-,12-/m0/s1. The van der Waals surface area contributed by atoms with Gasteiger partial charge >= 0.3 is 6.03 Å². The Kier molecular flexibility index (Phi) is 6.60. The van der Waals surface area contributed by atoms with Gasteiger partial charge in [0.2, 0.25) is 0 Å². The third-order valence-corrected chi connectivity index (χ3v) is 3.61. The molecule has 0 fully saturated rings. The second-order valence-corrected chi connectivity index (χ2v) is 5.32. The average Bonchev–Trinajstić information content (AvgIpc) is 2.43. The van der Waals surface area contributed by atoms with Crippen molar-refractivity contribution in [1.82, 2.24) is 10.6 Å². The Bertz CT molecular complexity index is 359. The monoisotopic (exact) mass is 268 g/mol. The molecule has 0 saturated carbocycles. The maximum atomic E-state index is 11.7. The number of carbonyl (C=O) groups is 1. The van der Waals surface area contributed by atoms with Crippen LogP contribution in [-0.4, -0.2) is 35.8 Å². The zero-order valence-corrected chi connectivity index (χ0v) is 11.5. The van der Waals surface area contributed by atoms with E-state index in [1.165, 1.54) is 0 Å². The van der Waals surface area contributed by atoms with Gasteiger partial charge in [-0.2, -0.15) is 11.8 Å². The van der Waals surface area contributed by atoms with E-state index >= 15 is 0 Å². The van der Waals surface area contributed by atoms with Gasteiger partial charge in [0, 0.05) is 11.8 Å². The van der Waals surface area contributed by atoms with Gasteiger partial charge in [-0.05, 0) is 11.8 Å². The number of hydrogen-bond acceptors (Lipinski definition) is 3. The van der Waals surface area contributed by atoms with E-state index in [-0.39, 0.29) is 18.7 Å². The third-order valence-electron chi connectivity index (χ3n) is 2.64. The van der Waals surface area contributed by atoms with E-state index in [0.717, 1.165) is 5.56 Å². The molecule has 0 aliphatic heterocycles. The highest BCUT2D eigenvalue weighted by molar-refractivity contribution is 7.99. The fraction of sp³-hybridized carbons (Fsp3) is 0.462. The van der Waals surface area contributed by atoms with E-state index in [1.807, 2.05) is 43.5 Å². The molecule has 0 aliphatic rings. The molecule has 2 amide bonds. The first kappa shape index (κ1) is 14.9. The molecular formula is C13H20N2O2S. The Balaban J connectivity index is 2.46. The van der Waals surface area contributed by atoms with Crippen LogP contribution in [-0.2, 0) is 0 Å². The van der Waals surface area contributed by atoms with Crippen LogP contribution in [0.2, 0.25) is 0 Å². The van der Waals surface area contributed by atoms with Crippen molar-refractivity contribution < 1.29 is 9.90 Å². The summed E-state index contributed by atoms with van der Waals surface area (Å²) in [4.78, 5) is 11.7. The molecule has 1 rings (SSSR count). The number of hydrogen-bond donors (Lipinski definition) is 3. The molecule has 0 bridgehead atoms. The number of rotatable bonds is 6. The fourth-order valence-corrected chi connectivity index (χ4v) is 1.70. The van der Waals surface area contributed by atoms with Crippen LogP contribution in [0, 0.1) is 0 Å². The summed E-state index contributed by atoms with van der Waals surface area (Å²) in [6.45, 7) is 2.54. The maximum absolute atomic E-state index is 11.7. The highest BCUT2D eigenvalue weighted by Crippen LogP contribution is 2.11. The SMILES string of the molecule is CS[C@@H](C)CNC(=O)N[C@@H](CO)c1ccccc1. The van der Waals surface area contributed by atoms with Gasteiger partial charge in [-0.1, -0.05) is 37.3 Å². The van der Waals surface area contributed by atoms with Crippen LogP contribution in [0.4, 0.5) is 4.79 Å². The van der Waals surface area contributed by atoms with Crippen molar-refractivity contribution in [3.63, 3.8) is 0 Å². The zero-order valence-electron chi connectivity index (χ0n) is 10.7. The van der Waals surface area contributed by atoms with E-state index < -0.39 is 0 Å². The van der Waals surface area contributed by atoms with E-state index in [2.05, 4.69) is 10.6 Å². The van der Waals surface area contributed by atoms with Crippen molar-refractivity contribution in [3.8, 4) is 0 Å². The lowest BCUT2D eigenvalue weighted by molar-refractivity contribution is 0.217. The van der Waals surface area contributed by atoms with Gasteiger partial charge in [0.05, 0.1) is 12.6 Å². The second kappa shape index (κ2) is 8.00. The summed E-state index contributed by atoms with van der Waals surface area (Å²) in [6.07, 6.45) is 2.00. The van der Waals surface area contributed by atoms with Crippen LogP contribution in [0.5, 0.6) is 0 Å². The number of thioether (sulfide) groups is 1. The largest absolute Gasteiger partial charge is 0.394 e. The molecular weight excluding hydrogens is 248 g/mol. The number of carbonyl (C=O) groups excluding carboxylic acids is 1. The first-order valence-electron chi connectivity index (χ1n) is 5.90. The number of aliphatic hydroxyl groups is 1. The Hall–Kier alpha value is -1.20. The summed E-state index contributed by atoms with van der Waals surface area (Å²) < 4.78 is 0. The lowest BCUT2D eigenvalue weighted by Gasteiger charge is -2.18. The van der Waals surface area contributed by atoms with E-state index in [1.54, 1.807) is 11.8 Å². The highest BCUT2D eigenvalue weighted by Gasteiger charge is 2.13. The van der Waals surface area contributed by atoms with E-state index in [9.17, 15) is 9.90 Å². The summed E-state index contributed by atoms with van der Waals surface area (Å²) in [5, 5.41) is 15.2.